The molecular formula is C13H17N3O2S. The summed E-state index contributed by atoms with van der Waals surface area (Å²) in [5.41, 5.74) is -0.0243. The van der Waals surface area contributed by atoms with Gasteiger partial charge in [-0.25, -0.2) is 0 Å². The first-order valence-corrected chi connectivity index (χ1v) is 6.95. The van der Waals surface area contributed by atoms with Crippen molar-refractivity contribution in [2.24, 2.45) is 5.41 Å². The van der Waals surface area contributed by atoms with Crippen molar-refractivity contribution < 1.29 is 9.32 Å². The zero-order chi connectivity index (χ0) is 13.9. The molecule has 1 amide bonds. The van der Waals surface area contributed by atoms with Gasteiger partial charge in [0.25, 0.3) is 5.89 Å². The number of nitrogens with zero attached hydrogens (tertiary/aromatic N) is 2. The fourth-order valence-corrected chi connectivity index (χ4v) is 2.19. The van der Waals surface area contributed by atoms with E-state index in [1.165, 1.54) is 11.3 Å². The normalized spacial score (nSPS) is 11.5. The number of carbonyl (C=O) groups is 1. The fraction of sp³-hybridized carbons (Fsp3) is 0.462. The molecule has 0 saturated carbocycles. The van der Waals surface area contributed by atoms with Crippen LogP contribution in [0.2, 0.25) is 0 Å². The number of amides is 1. The summed E-state index contributed by atoms with van der Waals surface area (Å²) in [5, 5.41) is 8.59. The average Bonchev–Trinajstić information content (AvgIpc) is 2.95. The monoisotopic (exact) mass is 279 g/mol. The van der Waals surface area contributed by atoms with Crippen molar-refractivity contribution in [2.45, 2.75) is 33.7 Å². The van der Waals surface area contributed by atoms with Gasteiger partial charge in [0.15, 0.2) is 5.82 Å². The molecule has 2 aromatic rings. The maximum Gasteiger partial charge on any atom is 0.268 e. The molecule has 0 bridgehead atoms. The van der Waals surface area contributed by atoms with E-state index in [0.717, 1.165) is 4.88 Å². The van der Waals surface area contributed by atoms with E-state index in [1.54, 1.807) is 0 Å². The Hall–Kier alpha value is -1.69. The van der Waals surface area contributed by atoms with Crippen molar-refractivity contribution in [3.63, 3.8) is 0 Å². The largest absolute Gasteiger partial charge is 0.349 e. The lowest BCUT2D eigenvalue weighted by molar-refractivity contribution is -0.123. The zero-order valence-electron chi connectivity index (χ0n) is 11.3. The summed E-state index contributed by atoms with van der Waals surface area (Å²) in [6.07, 6.45) is 0.475. The van der Waals surface area contributed by atoms with Crippen LogP contribution in [0, 0.1) is 5.41 Å². The van der Waals surface area contributed by atoms with E-state index in [-0.39, 0.29) is 11.3 Å². The number of rotatable bonds is 4. The molecule has 102 valence electrons. The molecule has 0 aliphatic heterocycles. The van der Waals surface area contributed by atoms with Gasteiger partial charge in [0.1, 0.15) is 0 Å². The molecule has 1 N–H and O–H groups in total. The van der Waals surface area contributed by atoms with Crippen molar-refractivity contribution in [2.75, 3.05) is 0 Å². The van der Waals surface area contributed by atoms with Crippen molar-refractivity contribution in [1.82, 2.24) is 15.5 Å². The number of hydrogen-bond acceptors (Lipinski definition) is 5. The van der Waals surface area contributed by atoms with Crippen LogP contribution in [-0.4, -0.2) is 16.0 Å². The minimum atomic E-state index is -0.0243. The smallest absolute Gasteiger partial charge is 0.268 e. The average molecular weight is 279 g/mol. The predicted octanol–water partition coefficient (Wildman–Crippen LogP) is 2.85. The summed E-state index contributed by atoms with van der Waals surface area (Å²) >= 11 is 1.54. The Bertz CT molecular complexity index is 540. The van der Waals surface area contributed by atoms with Crippen LogP contribution in [-0.2, 0) is 11.3 Å². The number of nitrogens with one attached hydrogen (secondary N) is 1. The van der Waals surface area contributed by atoms with Gasteiger partial charge in [-0.05, 0) is 16.9 Å². The van der Waals surface area contributed by atoms with E-state index < -0.39 is 0 Å². The molecule has 2 heterocycles. The minimum Gasteiger partial charge on any atom is -0.349 e. The second kappa shape index (κ2) is 5.52. The lowest BCUT2D eigenvalue weighted by Gasteiger charge is -2.16. The van der Waals surface area contributed by atoms with Crippen LogP contribution >= 0.6 is 11.3 Å². The zero-order valence-corrected chi connectivity index (χ0v) is 12.1. The van der Waals surface area contributed by atoms with Crippen molar-refractivity contribution in [3.05, 3.63) is 23.3 Å². The molecular weight excluding hydrogens is 262 g/mol. The number of carbonyl (C=O) groups excluding carboxylic acids is 1. The molecule has 2 rings (SSSR count). The maximum atomic E-state index is 11.7. The van der Waals surface area contributed by atoms with Crippen LogP contribution in [0.25, 0.3) is 10.8 Å². The third-order valence-electron chi connectivity index (χ3n) is 2.33. The van der Waals surface area contributed by atoms with Crippen molar-refractivity contribution in [3.8, 4) is 10.8 Å². The number of thiophene rings is 1. The van der Waals surface area contributed by atoms with E-state index >= 15 is 0 Å². The Morgan fingerprint density at radius 1 is 1.47 bits per heavy atom. The Kier molecular flexibility index (Phi) is 3.99. The first-order chi connectivity index (χ1) is 8.94. The van der Waals surface area contributed by atoms with E-state index in [1.807, 2.05) is 38.3 Å². The summed E-state index contributed by atoms with van der Waals surface area (Å²) in [6, 6.07) is 3.84. The molecule has 2 aromatic heterocycles. The molecule has 0 spiro atoms. The highest BCUT2D eigenvalue weighted by atomic mass is 32.1. The molecule has 0 fully saturated rings. The fourth-order valence-electron chi connectivity index (χ4n) is 1.55. The summed E-state index contributed by atoms with van der Waals surface area (Å²) in [5.74, 6) is 0.982. The van der Waals surface area contributed by atoms with Crippen molar-refractivity contribution >= 4 is 17.2 Å². The van der Waals surface area contributed by atoms with Crippen LogP contribution in [0.4, 0.5) is 0 Å². The lowest BCUT2D eigenvalue weighted by Crippen LogP contribution is -2.27. The first kappa shape index (κ1) is 13.7. The third kappa shape index (κ3) is 4.17. The van der Waals surface area contributed by atoms with E-state index in [0.29, 0.717) is 24.7 Å². The van der Waals surface area contributed by atoms with Gasteiger partial charge in [0.2, 0.25) is 5.91 Å². The molecule has 0 unspecified atom stereocenters. The molecule has 0 aliphatic rings. The Labute approximate surface area is 116 Å². The molecule has 19 heavy (non-hydrogen) atoms. The quantitative estimate of drug-likeness (QED) is 0.934. The highest BCUT2D eigenvalue weighted by molar-refractivity contribution is 7.13. The second-order valence-electron chi connectivity index (χ2n) is 5.51. The van der Waals surface area contributed by atoms with Gasteiger partial charge in [-0.3, -0.25) is 4.79 Å². The molecule has 0 atom stereocenters. The van der Waals surface area contributed by atoms with E-state index in [9.17, 15) is 4.79 Å². The number of aromatic nitrogens is 2. The van der Waals surface area contributed by atoms with Crippen LogP contribution in [0.15, 0.2) is 22.0 Å². The van der Waals surface area contributed by atoms with Crippen LogP contribution in [0.5, 0.6) is 0 Å². The topological polar surface area (TPSA) is 68.0 Å². The van der Waals surface area contributed by atoms with Crippen molar-refractivity contribution in [1.29, 1.82) is 0 Å². The second-order valence-corrected chi connectivity index (χ2v) is 6.45. The number of hydrogen-bond donors (Lipinski definition) is 1. The van der Waals surface area contributed by atoms with Gasteiger partial charge in [-0.15, -0.1) is 11.3 Å². The Morgan fingerprint density at radius 2 is 2.26 bits per heavy atom. The lowest BCUT2D eigenvalue weighted by atomic mass is 9.92. The molecule has 0 radical (unpaired) electrons. The van der Waals surface area contributed by atoms with E-state index in [2.05, 4.69) is 15.5 Å². The van der Waals surface area contributed by atoms with Gasteiger partial charge in [0.05, 0.1) is 11.4 Å². The third-order valence-corrected chi connectivity index (χ3v) is 3.19. The Morgan fingerprint density at radius 3 is 2.89 bits per heavy atom. The van der Waals surface area contributed by atoms with E-state index in [4.69, 9.17) is 4.52 Å². The SMILES string of the molecule is CC(C)(C)CC(=O)NCc1noc(-c2cccs2)n1. The van der Waals surface area contributed by atoms with Gasteiger partial charge in [0, 0.05) is 6.42 Å². The molecule has 0 aromatic carbocycles. The summed E-state index contributed by atoms with van der Waals surface area (Å²) in [7, 11) is 0. The molecule has 0 aliphatic carbocycles. The van der Waals surface area contributed by atoms with Gasteiger partial charge < -0.3 is 9.84 Å². The summed E-state index contributed by atoms with van der Waals surface area (Å²) < 4.78 is 5.14. The minimum absolute atomic E-state index is 0.00465. The van der Waals surface area contributed by atoms with Gasteiger partial charge in [-0.2, -0.15) is 4.98 Å². The van der Waals surface area contributed by atoms with Gasteiger partial charge in [-0.1, -0.05) is 32.0 Å². The van der Waals surface area contributed by atoms with Crippen LogP contribution < -0.4 is 5.32 Å². The summed E-state index contributed by atoms with van der Waals surface area (Å²) in [4.78, 5) is 16.8. The highest BCUT2D eigenvalue weighted by Gasteiger charge is 2.16. The van der Waals surface area contributed by atoms with Crippen LogP contribution in [0.1, 0.15) is 33.0 Å². The maximum absolute atomic E-state index is 11.7. The summed E-state index contributed by atoms with van der Waals surface area (Å²) in [6.45, 7) is 6.37. The van der Waals surface area contributed by atoms with Crippen LogP contribution in [0.3, 0.4) is 0 Å². The van der Waals surface area contributed by atoms with Gasteiger partial charge >= 0.3 is 0 Å². The standard InChI is InChI=1S/C13H17N3O2S/c1-13(2,3)7-11(17)14-8-10-15-12(18-16-10)9-5-4-6-19-9/h4-6H,7-8H2,1-3H3,(H,14,17). The molecule has 5 nitrogen and oxygen atoms in total. The first-order valence-electron chi connectivity index (χ1n) is 6.07. The molecule has 0 saturated heterocycles. The highest BCUT2D eigenvalue weighted by Crippen LogP contribution is 2.22. The Balaban J connectivity index is 1.89. The molecule has 6 heteroatoms. The predicted molar refractivity (Wildman–Crippen MR) is 73.5 cm³/mol.